The number of hydrogen-bond donors (Lipinski definition) is 0. The quantitative estimate of drug-likeness (QED) is 0.631. The Hall–Kier alpha value is -0.930. The Bertz CT molecular complexity index is 703. The largest absolute Gasteiger partial charge is 0.154 e. The summed E-state index contributed by atoms with van der Waals surface area (Å²) in [5.41, 5.74) is 5.72. The number of aryl methyl sites for hydroxylation is 1. The number of nitrogens with zero attached hydrogens (tertiary/aromatic N) is 2. The van der Waals surface area contributed by atoms with Gasteiger partial charge in [-0.15, -0.1) is 16.4 Å². The number of hydrogen-bond acceptors (Lipinski definition) is 3. The van der Waals surface area contributed by atoms with Crippen LogP contribution in [0.2, 0.25) is 4.34 Å². The highest BCUT2D eigenvalue weighted by Crippen LogP contribution is 2.41. The first-order valence-corrected chi connectivity index (χ1v) is 8.77. The molecular formula is C18H25ClN2S. The van der Waals surface area contributed by atoms with Crippen molar-refractivity contribution in [1.29, 1.82) is 0 Å². The molecule has 2 aromatic rings. The maximum atomic E-state index is 6.17. The zero-order valence-corrected chi connectivity index (χ0v) is 16.3. The van der Waals surface area contributed by atoms with Crippen LogP contribution in [-0.4, -0.2) is 10.2 Å². The summed E-state index contributed by atoms with van der Waals surface area (Å²) in [5.74, 6) is 0. The molecule has 0 bridgehead atoms. The molecule has 0 aliphatic rings. The first kappa shape index (κ1) is 17.4. The Balaban J connectivity index is 2.79. The molecule has 0 spiro atoms. The van der Waals surface area contributed by atoms with E-state index in [0.717, 1.165) is 26.2 Å². The maximum absolute atomic E-state index is 6.17. The molecule has 2 nitrogen and oxygen atoms in total. The van der Waals surface area contributed by atoms with Crippen molar-refractivity contribution in [2.75, 3.05) is 0 Å². The van der Waals surface area contributed by atoms with Gasteiger partial charge in [0.05, 0.1) is 14.9 Å². The van der Waals surface area contributed by atoms with Crippen molar-refractivity contribution >= 4 is 22.9 Å². The highest BCUT2D eigenvalue weighted by Gasteiger charge is 2.30. The van der Waals surface area contributed by atoms with Crippen LogP contribution < -0.4 is 0 Å². The molecule has 120 valence electrons. The van der Waals surface area contributed by atoms with Crippen LogP contribution in [0.5, 0.6) is 0 Å². The van der Waals surface area contributed by atoms with Gasteiger partial charge < -0.3 is 0 Å². The third-order valence-electron chi connectivity index (χ3n) is 3.78. The lowest BCUT2D eigenvalue weighted by Crippen LogP contribution is -2.26. The van der Waals surface area contributed by atoms with Gasteiger partial charge >= 0.3 is 0 Å². The van der Waals surface area contributed by atoms with Gasteiger partial charge in [-0.2, -0.15) is 5.10 Å². The van der Waals surface area contributed by atoms with Crippen molar-refractivity contribution in [3.8, 4) is 10.6 Å². The lowest BCUT2D eigenvalue weighted by atomic mass is 9.76. The van der Waals surface area contributed by atoms with E-state index in [4.69, 9.17) is 11.6 Å². The van der Waals surface area contributed by atoms with Crippen molar-refractivity contribution in [3.05, 3.63) is 32.8 Å². The third kappa shape index (κ3) is 3.21. The topological polar surface area (TPSA) is 25.8 Å². The summed E-state index contributed by atoms with van der Waals surface area (Å²) in [5, 5.41) is 9.18. The van der Waals surface area contributed by atoms with Crippen LogP contribution in [0.25, 0.3) is 10.6 Å². The zero-order chi connectivity index (χ0) is 16.9. The molecule has 0 unspecified atom stereocenters. The zero-order valence-electron chi connectivity index (χ0n) is 14.8. The van der Waals surface area contributed by atoms with Gasteiger partial charge in [-0.25, -0.2) is 0 Å². The van der Waals surface area contributed by atoms with E-state index < -0.39 is 0 Å². The Morgan fingerprint density at radius 2 is 1.55 bits per heavy atom. The minimum absolute atomic E-state index is 0.0202. The molecule has 0 aromatic carbocycles. The minimum Gasteiger partial charge on any atom is -0.154 e. The molecule has 0 atom stereocenters. The second-order valence-electron chi connectivity index (χ2n) is 7.96. The van der Waals surface area contributed by atoms with E-state index in [0.29, 0.717) is 0 Å². The fourth-order valence-corrected chi connectivity index (χ4v) is 4.19. The van der Waals surface area contributed by atoms with Gasteiger partial charge in [0.25, 0.3) is 0 Å². The van der Waals surface area contributed by atoms with E-state index in [1.807, 2.05) is 6.07 Å². The van der Waals surface area contributed by atoms with E-state index in [9.17, 15) is 0 Å². The summed E-state index contributed by atoms with van der Waals surface area (Å²) in [6.45, 7) is 17.5. The van der Waals surface area contributed by atoms with Crippen molar-refractivity contribution < 1.29 is 0 Å². The average Bonchev–Trinajstić information content (AvgIpc) is 2.65. The van der Waals surface area contributed by atoms with Gasteiger partial charge in [0.2, 0.25) is 0 Å². The molecule has 2 rings (SSSR count). The Kier molecular flexibility index (Phi) is 4.44. The third-order valence-corrected chi connectivity index (χ3v) is 5.15. The molecule has 0 N–H and O–H groups in total. The number of rotatable bonds is 1. The van der Waals surface area contributed by atoms with Gasteiger partial charge in [-0.05, 0) is 42.0 Å². The van der Waals surface area contributed by atoms with E-state index in [1.54, 1.807) is 11.3 Å². The molecule has 0 saturated carbocycles. The van der Waals surface area contributed by atoms with E-state index in [-0.39, 0.29) is 10.8 Å². The molecule has 4 heteroatoms. The van der Waals surface area contributed by atoms with Gasteiger partial charge in [-0.1, -0.05) is 53.1 Å². The Morgan fingerprint density at radius 1 is 0.955 bits per heavy atom. The number of aromatic nitrogens is 2. The average molecular weight is 337 g/mol. The van der Waals surface area contributed by atoms with Crippen molar-refractivity contribution in [2.45, 2.75) is 66.2 Å². The molecule has 2 heterocycles. The van der Waals surface area contributed by atoms with Crippen LogP contribution in [0.15, 0.2) is 6.07 Å². The van der Waals surface area contributed by atoms with E-state index in [2.05, 4.69) is 65.6 Å². The summed E-state index contributed by atoms with van der Waals surface area (Å²) < 4.78 is 0.797. The number of thiophene rings is 1. The maximum Gasteiger partial charge on any atom is 0.106 e. The van der Waals surface area contributed by atoms with Crippen LogP contribution in [0.3, 0.4) is 0 Å². The monoisotopic (exact) mass is 336 g/mol. The van der Waals surface area contributed by atoms with Crippen molar-refractivity contribution in [3.63, 3.8) is 0 Å². The summed E-state index contributed by atoms with van der Waals surface area (Å²) in [4.78, 5) is 1.13. The molecule has 0 saturated heterocycles. The second-order valence-corrected chi connectivity index (χ2v) is 9.64. The molecule has 0 radical (unpaired) electrons. The molecule has 22 heavy (non-hydrogen) atoms. The summed E-state index contributed by atoms with van der Waals surface area (Å²) in [7, 11) is 0. The molecule has 2 aromatic heterocycles. The summed E-state index contributed by atoms with van der Waals surface area (Å²) in [6, 6.07) is 2.00. The van der Waals surface area contributed by atoms with Crippen molar-refractivity contribution in [1.82, 2.24) is 10.2 Å². The van der Waals surface area contributed by atoms with Gasteiger partial charge in [0.15, 0.2) is 0 Å². The standard InChI is InChI=1S/C18H25ClN2S/c1-10-9-12(19)22-15(10)14-11(2)13(17(3,4)5)16(21-20-14)18(6,7)8/h9H,1-8H3. The Morgan fingerprint density at radius 3 is 1.95 bits per heavy atom. The highest BCUT2D eigenvalue weighted by atomic mass is 35.5. The normalized spacial score (nSPS) is 12.8. The first-order valence-electron chi connectivity index (χ1n) is 7.57. The smallest absolute Gasteiger partial charge is 0.106 e. The number of halogens is 1. The minimum atomic E-state index is -0.0267. The molecule has 0 aliphatic heterocycles. The van der Waals surface area contributed by atoms with Crippen LogP contribution in [-0.2, 0) is 10.8 Å². The predicted molar refractivity (Wildman–Crippen MR) is 97.2 cm³/mol. The molecule has 0 fully saturated rings. The van der Waals surface area contributed by atoms with Crippen LogP contribution in [0.4, 0.5) is 0 Å². The highest BCUT2D eigenvalue weighted by molar-refractivity contribution is 7.19. The fraction of sp³-hybridized carbons (Fsp3) is 0.556. The first-order chi connectivity index (χ1) is 9.93. The molecule has 0 amide bonds. The predicted octanol–water partition coefficient (Wildman–Crippen LogP) is 6.07. The van der Waals surface area contributed by atoms with E-state index >= 15 is 0 Å². The summed E-state index contributed by atoms with van der Waals surface area (Å²) in [6.07, 6.45) is 0. The molecular weight excluding hydrogens is 312 g/mol. The summed E-state index contributed by atoms with van der Waals surface area (Å²) >= 11 is 7.75. The van der Waals surface area contributed by atoms with Crippen LogP contribution in [0.1, 0.15) is 63.9 Å². The van der Waals surface area contributed by atoms with Gasteiger partial charge in [0.1, 0.15) is 5.69 Å². The van der Waals surface area contributed by atoms with Crippen molar-refractivity contribution in [2.24, 2.45) is 0 Å². The SMILES string of the molecule is Cc1cc(Cl)sc1-c1nnc(C(C)(C)C)c(C(C)(C)C)c1C. The van der Waals surface area contributed by atoms with E-state index in [1.165, 1.54) is 11.1 Å². The fourth-order valence-electron chi connectivity index (χ4n) is 2.86. The van der Waals surface area contributed by atoms with Gasteiger partial charge in [-0.3, -0.25) is 0 Å². The second kappa shape index (κ2) is 5.61. The van der Waals surface area contributed by atoms with Gasteiger partial charge in [0, 0.05) is 5.41 Å². The lowest BCUT2D eigenvalue weighted by molar-refractivity contribution is 0.503. The lowest BCUT2D eigenvalue weighted by Gasteiger charge is -2.30. The van der Waals surface area contributed by atoms with Crippen LogP contribution >= 0.6 is 22.9 Å². The molecule has 0 aliphatic carbocycles. The van der Waals surface area contributed by atoms with Crippen LogP contribution in [0, 0.1) is 13.8 Å². The Labute approximate surface area is 142 Å².